The van der Waals surface area contributed by atoms with E-state index in [0.717, 1.165) is 5.75 Å². The molecule has 1 aliphatic rings. The number of likely N-dealkylation sites (N-methyl/N-ethyl adjacent to an activating group) is 2. The van der Waals surface area contributed by atoms with Crippen LogP contribution in [0, 0.1) is 6.92 Å². The third-order valence-electron chi connectivity index (χ3n) is 5.04. The highest BCUT2D eigenvalue weighted by Gasteiger charge is 2.30. The van der Waals surface area contributed by atoms with E-state index in [1.54, 1.807) is 18.1 Å². The van der Waals surface area contributed by atoms with Gasteiger partial charge in [-0.25, -0.2) is 0 Å². The summed E-state index contributed by atoms with van der Waals surface area (Å²) in [6, 6.07) is 7.97. The Morgan fingerprint density at radius 1 is 1.33 bits per heavy atom. The molecule has 1 aliphatic heterocycles. The molecule has 1 saturated heterocycles. The van der Waals surface area contributed by atoms with Crippen LogP contribution in [0.4, 0.5) is 5.69 Å². The van der Waals surface area contributed by atoms with E-state index in [-0.39, 0.29) is 24.4 Å². The number of anilines is 1. The van der Waals surface area contributed by atoms with Crippen LogP contribution in [0.3, 0.4) is 0 Å². The Morgan fingerprint density at radius 2 is 2.10 bits per heavy atom. The molecule has 9 heteroatoms. The molecule has 0 saturated carbocycles. The van der Waals surface area contributed by atoms with Crippen molar-refractivity contribution in [2.24, 2.45) is 0 Å². The molecule has 2 N–H and O–H groups in total. The third kappa shape index (κ3) is 6.04. The summed E-state index contributed by atoms with van der Waals surface area (Å²) in [7, 11) is 3.57. The average Bonchev–Trinajstić information content (AvgIpc) is 3.39. The smallest absolute Gasteiger partial charge is 0.253 e. The van der Waals surface area contributed by atoms with Gasteiger partial charge < -0.3 is 25.0 Å². The second-order valence-electron chi connectivity index (χ2n) is 7.44. The van der Waals surface area contributed by atoms with E-state index in [2.05, 4.69) is 15.7 Å². The van der Waals surface area contributed by atoms with Gasteiger partial charge in [0.1, 0.15) is 25.0 Å². The molecule has 0 bridgehead atoms. The van der Waals surface area contributed by atoms with Gasteiger partial charge in [0.2, 0.25) is 5.91 Å². The molecule has 0 spiro atoms. The molecule has 2 atom stereocenters. The summed E-state index contributed by atoms with van der Waals surface area (Å²) < 4.78 is 12.7. The van der Waals surface area contributed by atoms with Gasteiger partial charge in [-0.05, 0) is 26.1 Å². The number of nitrogens with zero attached hydrogens (tertiary/aromatic N) is 3. The predicted octanol–water partition coefficient (Wildman–Crippen LogP) is 1.04. The first-order chi connectivity index (χ1) is 14.4. The quantitative estimate of drug-likeness (QED) is 0.635. The second kappa shape index (κ2) is 10.2. The van der Waals surface area contributed by atoms with Crippen LogP contribution in [0.5, 0.6) is 5.75 Å². The summed E-state index contributed by atoms with van der Waals surface area (Å²) in [4.78, 5) is 26.3. The Labute approximate surface area is 176 Å². The number of hydrogen-bond donors (Lipinski definition) is 2. The van der Waals surface area contributed by atoms with Crippen molar-refractivity contribution in [3.63, 3.8) is 0 Å². The molecule has 9 nitrogen and oxygen atoms in total. The van der Waals surface area contributed by atoms with Crippen molar-refractivity contribution in [2.75, 3.05) is 39.2 Å². The topological polar surface area (TPSA) is 97.7 Å². The molecule has 0 unspecified atom stereocenters. The van der Waals surface area contributed by atoms with Crippen molar-refractivity contribution >= 4 is 17.5 Å². The number of carbonyl (C=O) groups is 2. The Kier molecular flexibility index (Phi) is 7.42. The standard InChI is InChI=1S/C21H29N5O4/c1-15-4-6-18(7-5-15)29-9-8-25(3)20(27)13-26-12-17(11-23-26)24-21(28)19-10-16(22-2)14-30-19/h4-7,11-12,16,19,22H,8-10,13-14H2,1-3H3,(H,24,28)/t16-,19+/m0/s1. The first-order valence-corrected chi connectivity index (χ1v) is 10.00. The van der Waals surface area contributed by atoms with Crippen molar-refractivity contribution < 1.29 is 19.1 Å². The molecule has 2 heterocycles. The zero-order chi connectivity index (χ0) is 21.5. The number of aryl methyl sites for hydroxylation is 1. The Morgan fingerprint density at radius 3 is 2.80 bits per heavy atom. The minimum Gasteiger partial charge on any atom is -0.492 e. The van der Waals surface area contributed by atoms with Gasteiger partial charge in [-0.1, -0.05) is 17.7 Å². The number of nitrogens with one attached hydrogen (secondary N) is 2. The lowest BCUT2D eigenvalue weighted by atomic mass is 10.2. The lowest BCUT2D eigenvalue weighted by Crippen LogP contribution is -2.33. The highest BCUT2D eigenvalue weighted by atomic mass is 16.5. The molecule has 3 rings (SSSR count). The normalized spacial score (nSPS) is 18.2. The van der Waals surface area contributed by atoms with Crippen LogP contribution < -0.4 is 15.4 Å². The Balaban J connectivity index is 1.41. The summed E-state index contributed by atoms with van der Waals surface area (Å²) in [5.41, 5.74) is 1.71. The molecule has 2 aromatic rings. The zero-order valence-electron chi connectivity index (χ0n) is 17.6. The van der Waals surface area contributed by atoms with Gasteiger partial charge in [0.15, 0.2) is 0 Å². The van der Waals surface area contributed by atoms with Crippen LogP contribution >= 0.6 is 0 Å². The number of rotatable bonds is 9. The first-order valence-electron chi connectivity index (χ1n) is 10.00. The van der Waals surface area contributed by atoms with Gasteiger partial charge in [-0.2, -0.15) is 5.10 Å². The van der Waals surface area contributed by atoms with Gasteiger partial charge >= 0.3 is 0 Å². The molecule has 1 aromatic carbocycles. The largest absolute Gasteiger partial charge is 0.492 e. The van der Waals surface area contributed by atoms with Crippen LogP contribution in [-0.2, 0) is 20.9 Å². The van der Waals surface area contributed by atoms with E-state index in [1.165, 1.54) is 16.4 Å². The van der Waals surface area contributed by atoms with Gasteiger partial charge in [-0.15, -0.1) is 0 Å². The molecule has 2 amide bonds. The summed E-state index contributed by atoms with van der Waals surface area (Å²) >= 11 is 0. The van der Waals surface area contributed by atoms with Gasteiger partial charge in [0.25, 0.3) is 5.91 Å². The van der Waals surface area contributed by atoms with Crippen LogP contribution in [0.15, 0.2) is 36.7 Å². The fraction of sp³-hybridized carbons (Fsp3) is 0.476. The molecule has 1 aromatic heterocycles. The van der Waals surface area contributed by atoms with E-state index >= 15 is 0 Å². The fourth-order valence-corrected chi connectivity index (χ4v) is 3.07. The molecular weight excluding hydrogens is 386 g/mol. The van der Waals surface area contributed by atoms with E-state index < -0.39 is 6.10 Å². The Bertz CT molecular complexity index is 851. The minimum atomic E-state index is -0.480. The Hall–Kier alpha value is -2.91. The number of hydrogen-bond acceptors (Lipinski definition) is 6. The highest BCUT2D eigenvalue weighted by molar-refractivity contribution is 5.94. The number of benzene rings is 1. The summed E-state index contributed by atoms with van der Waals surface area (Å²) in [6.45, 7) is 3.48. The van der Waals surface area contributed by atoms with Crippen molar-refractivity contribution in [1.29, 1.82) is 0 Å². The second-order valence-corrected chi connectivity index (χ2v) is 7.44. The van der Waals surface area contributed by atoms with E-state index in [1.807, 2.05) is 38.2 Å². The summed E-state index contributed by atoms with van der Waals surface area (Å²) in [6.07, 6.45) is 3.31. The molecule has 162 valence electrons. The minimum absolute atomic E-state index is 0.0820. The van der Waals surface area contributed by atoms with Crippen molar-refractivity contribution in [3.05, 3.63) is 42.2 Å². The fourth-order valence-electron chi connectivity index (χ4n) is 3.07. The van der Waals surface area contributed by atoms with Crippen LogP contribution in [0.2, 0.25) is 0 Å². The van der Waals surface area contributed by atoms with Crippen molar-refractivity contribution in [3.8, 4) is 5.75 Å². The van der Waals surface area contributed by atoms with Gasteiger partial charge in [0.05, 0.1) is 25.0 Å². The molecule has 0 radical (unpaired) electrons. The zero-order valence-corrected chi connectivity index (χ0v) is 17.6. The van der Waals surface area contributed by atoms with Crippen LogP contribution in [0.1, 0.15) is 12.0 Å². The maximum absolute atomic E-state index is 12.4. The maximum Gasteiger partial charge on any atom is 0.253 e. The van der Waals surface area contributed by atoms with Crippen molar-refractivity contribution in [2.45, 2.75) is 32.0 Å². The summed E-state index contributed by atoms with van der Waals surface area (Å²) in [5, 5.41) is 10.0. The van der Waals surface area contributed by atoms with Crippen molar-refractivity contribution in [1.82, 2.24) is 20.0 Å². The molecule has 0 aliphatic carbocycles. The SMILES string of the molecule is CN[C@@H]1CO[C@@H](C(=O)Nc2cnn(CC(=O)N(C)CCOc3ccc(C)cc3)c2)C1. The number of amides is 2. The monoisotopic (exact) mass is 415 g/mol. The highest BCUT2D eigenvalue weighted by Crippen LogP contribution is 2.16. The lowest BCUT2D eigenvalue weighted by Gasteiger charge is -2.17. The summed E-state index contributed by atoms with van der Waals surface area (Å²) in [5.74, 6) is 0.477. The van der Waals surface area contributed by atoms with Gasteiger partial charge in [-0.3, -0.25) is 14.3 Å². The van der Waals surface area contributed by atoms with Crippen LogP contribution in [-0.4, -0.2) is 72.5 Å². The number of aromatic nitrogens is 2. The first kappa shape index (κ1) is 21.8. The average molecular weight is 415 g/mol. The van der Waals surface area contributed by atoms with E-state index in [4.69, 9.17) is 9.47 Å². The number of ether oxygens (including phenoxy) is 2. The van der Waals surface area contributed by atoms with Crippen LogP contribution in [0.25, 0.3) is 0 Å². The predicted molar refractivity (Wildman–Crippen MR) is 112 cm³/mol. The molecular formula is C21H29N5O4. The number of carbonyl (C=O) groups excluding carboxylic acids is 2. The maximum atomic E-state index is 12.4. The molecule has 1 fully saturated rings. The van der Waals surface area contributed by atoms with E-state index in [9.17, 15) is 9.59 Å². The van der Waals surface area contributed by atoms with E-state index in [0.29, 0.717) is 31.9 Å². The lowest BCUT2D eigenvalue weighted by molar-refractivity contribution is -0.131. The third-order valence-corrected chi connectivity index (χ3v) is 5.04. The molecule has 30 heavy (non-hydrogen) atoms. The van der Waals surface area contributed by atoms with Gasteiger partial charge in [0, 0.05) is 25.7 Å².